The Kier molecular flexibility index (Phi) is 8.03. The number of nitrogens with two attached hydrogens (primary N) is 1. The molecule has 102 valence electrons. The maximum Gasteiger partial charge on any atom is 0.0313 e. The Labute approximate surface area is 124 Å². The minimum atomic E-state index is 0.278. The fourth-order valence-electron chi connectivity index (χ4n) is 1.77. The summed E-state index contributed by atoms with van der Waals surface area (Å²) in [4.78, 5) is 1.35. The number of rotatable bonds is 8. The number of unbranched alkanes of at least 4 members (excludes halogenated alkanes) is 2. The third-order valence-electron chi connectivity index (χ3n) is 3.02. The van der Waals surface area contributed by atoms with Crippen LogP contribution >= 0.6 is 27.7 Å². The van der Waals surface area contributed by atoms with E-state index in [4.69, 9.17) is 5.73 Å². The first-order valence-electron chi connectivity index (χ1n) is 6.84. The minimum absolute atomic E-state index is 0.278. The van der Waals surface area contributed by atoms with Crippen molar-refractivity contribution in [3.8, 4) is 0 Å². The smallest absolute Gasteiger partial charge is 0.0313 e. The maximum atomic E-state index is 5.99. The summed E-state index contributed by atoms with van der Waals surface area (Å²) in [6.45, 7) is 4.38. The first-order valence-corrected chi connectivity index (χ1v) is 8.62. The minimum Gasteiger partial charge on any atom is -0.327 e. The molecular weight excluding hydrogens is 306 g/mol. The third kappa shape index (κ3) is 5.77. The molecule has 0 amide bonds. The van der Waals surface area contributed by atoms with E-state index in [0.717, 1.165) is 12.8 Å². The molecule has 1 aromatic rings. The first kappa shape index (κ1) is 16.1. The molecule has 0 bridgehead atoms. The van der Waals surface area contributed by atoms with Crippen molar-refractivity contribution in [3.05, 3.63) is 28.2 Å². The van der Waals surface area contributed by atoms with E-state index in [0.29, 0.717) is 0 Å². The Morgan fingerprint density at radius 3 is 2.67 bits per heavy atom. The molecule has 1 rings (SSSR count). The highest BCUT2D eigenvalue weighted by Gasteiger charge is 2.05. The van der Waals surface area contributed by atoms with Crippen LogP contribution in [0.1, 0.15) is 45.1 Å². The van der Waals surface area contributed by atoms with Gasteiger partial charge in [-0.05, 0) is 58.6 Å². The molecule has 0 aromatic heterocycles. The summed E-state index contributed by atoms with van der Waals surface area (Å²) in [5.74, 6) is 1.21. The lowest BCUT2D eigenvalue weighted by molar-refractivity contribution is 0.646. The summed E-state index contributed by atoms with van der Waals surface area (Å²) in [7, 11) is 0. The van der Waals surface area contributed by atoms with Crippen molar-refractivity contribution in [2.24, 2.45) is 5.73 Å². The fourth-order valence-corrected chi connectivity index (χ4v) is 3.47. The second-order valence-corrected chi connectivity index (χ2v) is 6.68. The van der Waals surface area contributed by atoms with Gasteiger partial charge in [-0.25, -0.2) is 0 Å². The first-order chi connectivity index (χ1) is 8.67. The predicted octanol–water partition coefficient (Wildman–Crippen LogP) is 5.01. The van der Waals surface area contributed by atoms with Crippen molar-refractivity contribution in [1.29, 1.82) is 0 Å². The van der Waals surface area contributed by atoms with E-state index in [1.807, 2.05) is 11.8 Å². The lowest BCUT2D eigenvalue weighted by Crippen LogP contribution is -2.21. The van der Waals surface area contributed by atoms with Crippen LogP contribution in [-0.2, 0) is 6.42 Å². The topological polar surface area (TPSA) is 26.0 Å². The van der Waals surface area contributed by atoms with Gasteiger partial charge in [-0.3, -0.25) is 0 Å². The monoisotopic (exact) mass is 329 g/mol. The van der Waals surface area contributed by atoms with Crippen LogP contribution in [0.2, 0.25) is 0 Å². The standard InChI is InChI=1S/C15H24BrNS/c1-3-5-6-9-18-15-8-7-12(11-14(15)16)10-13(17)4-2/h7-8,11,13H,3-6,9-10,17H2,1-2H3. The Morgan fingerprint density at radius 1 is 1.28 bits per heavy atom. The van der Waals surface area contributed by atoms with E-state index >= 15 is 0 Å². The summed E-state index contributed by atoms with van der Waals surface area (Å²) in [5.41, 5.74) is 7.31. The summed E-state index contributed by atoms with van der Waals surface area (Å²) >= 11 is 5.61. The van der Waals surface area contributed by atoms with E-state index in [1.54, 1.807) is 0 Å². The van der Waals surface area contributed by atoms with Crippen molar-refractivity contribution in [2.75, 3.05) is 5.75 Å². The molecule has 0 saturated carbocycles. The normalized spacial score (nSPS) is 12.7. The quantitative estimate of drug-likeness (QED) is 0.535. The molecule has 0 fully saturated rings. The predicted molar refractivity (Wildman–Crippen MR) is 86.4 cm³/mol. The third-order valence-corrected chi connectivity index (χ3v) is 5.10. The molecule has 1 aromatic carbocycles. The van der Waals surface area contributed by atoms with Crippen molar-refractivity contribution in [1.82, 2.24) is 0 Å². The highest BCUT2D eigenvalue weighted by molar-refractivity contribution is 9.10. The second kappa shape index (κ2) is 9.00. The molecule has 1 atom stereocenters. The Bertz CT molecular complexity index is 354. The van der Waals surface area contributed by atoms with Gasteiger partial charge in [0.2, 0.25) is 0 Å². The number of hydrogen-bond donors (Lipinski definition) is 1. The second-order valence-electron chi connectivity index (χ2n) is 4.69. The number of benzene rings is 1. The van der Waals surface area contributed by atoms with E-state index in [9.17, 15) is 0 Å². The molecule has 0 radical (unpaired) electrons. The van der Waals surface area contributed by atoms with Crippen LogP contribution in [0.15, 0.2) is 27.6 Å². The number of halogens is 1. The Hall–Kier alpha value is 0.01000. The van der Waals surface area contributed by atoms with Gasteiger partial charge in [0.15, 0.2) is 0 Å². The zero-order chi connectivity index (χ0) is 13.4. The molecule has 3 heteroatoms. The van der Waals surface area contributed by atoms with Crippen LogP contribution < -0.4 is 5.73 Å². The van der Waals surface area contributed by atoms with E-state index in [2.05, 4.69) is 48.0 Å². The van der Waals surface area contributed by atoms with E-state index in [1.165, 1.54) is 39.9 Å². The molecular formula is C15H24BrNS. The van der Waals surface area contributed by atoms with Gasteiger partial charge in [0.05, 0.1) is 0 Å². The van der Waals surface area contributed by atoms with Crippen LogP contribution in [0.5, 0.6) is 0 Å². The lowest BCUT2D eigenvalue weighted by Gasteiger charge is -2.11. The molecule has 1 unspecified atom stereocenters. The van der Waals surface area contributed by atoms with Gasteiger partial charge in [0.1, 0.15) is 0 Å². The molecule has 0 aliphatic heterocycles. The molecule has 0 saturated heterocycles. The van der Waals surface area contributed by atoms with Crippen LogP contribution in [-0.4, -0.2) is 11.8 Å². The molecule has 0 spiro atoms. The highest BCUT2D eigenvalue weighted by atomic mass is 79.9. The largest absolute Gasteiger partial charge is 0.327 e. The summed E-state index contributed by atoms with van der Waals surface area (Å²) in [5, 5.41) is 0. The molecule has 0 aliphatic rings. The zero-order valence-corrected chi connectivity index (χ0v) is 13.8. The van der Waals surface area contributed by atoms with Gasteiger partial charge >= 0.3 is 0 Å². The maximum absolute atomic E-state index is 5.99. The zero-order valence-electron chi connectivity index (χ0n) is 11.4. The highest BCUT2D eigenvalue weighted by Crippen LogP contribution is 2.29. The average Bonchev–Trinajstić information content (AvgIpc) is 2.36. The van der Waals surface area contributed by atoms with Crippen LogP contribution in [0.3, 0.4) is 0 Å². The van der Waals surface area contributed by atoms with E-state index < -0.39 is 0 Å². The number of hydrogen-bond acceptors (Lipinski definition) is 2. The lowest BCUT2D eigenvalue weighted by atomic mass is 10.1. The Balaban J connectivity index is 2.51. The summed E-state index contributed by atoms with van der Waals surface area (Å²) in [6.07, 6.45) is 5.92. The average molecular weight is 330 g/mol. The van der Waals surface area contributed by atoms with Gasteiger partial charge in [-0.15, -0.1) is 11.8 Å². The van der Waals surface area contributed by atoms with Crippen LogP contribution in [0.4, 0.5) is 0 Å². The SMILES string of the molecule is CCCCCSc1ccc(CC(N)CC)cc1Br. The van der Waals surface area contributed by atoms with Gasteiger partial charge in [0, 0.05) is 15.4 Å². The van der Waals surface area contributed by atoms with Gasteiger partial charge in [0.25, 0.3) is 0 Å². The fraction of sp³-hybridized carbons (Fsp3) is 0.600. The summed E-state index contributed by atoms with van der Waals surface area (Å²) in [6, 6.07) is 6.93. The molecule has 18 heavy (non-hydrogen) atoms. The molecule has 2 N–H and O–H groups in total. The number of thioether (sulfide) groups is 1. The van der Waals surface area contributed by atoms with Crippen molar-refractivity contribution in [3.63, 3.8) is 0 Å². The van der Waals surface area contributed by atoms with Gasteiger partial charge in [-0.1, -0.05) is 32.8 Å². The van der Waals surface area contributed by atoms with Crippen molar-refractivity contribution >= 4 is 27.7 Å². The van der Waals surface area contributed by atoms with Crippen LogP contribution in [0, 0.1) is 0 Å². The Morgan fingerprint density at radius 2 is 2.06 bits per heavy atom. The van der Waals surface area contributed by atoms with E-state index in [-0.39, 0.29) is 6.04 Å². The molecule has 0 heterocycles. The molecule has 1 nitrogen and oxygen atoms in total. The van der Waals surface area contributed by atoms with Gasteiger partial charge < -0.3 is 5.73 Å². The van der Waals surface area contributed by atoms with Crippen LogP contribution in [0.25, 0.3) is 0 Å². The van der Waals surface area contributed by atoms with Crippen molar-refractivity contribution < 1.29 is 0 Å². The summed E-state index contributed by atoms with van der Waals surface area (Å²) < 4.78 is 1.21. The van der Waals surface area contributed by atoms with Crippen molar-refractivity contribution in [2.45, 2.75) is 56.9 Å². The molecule has 0 aliphatic carbocycles. The van der Waals surface area contributed by atoms with Gasteiger partial charge in [-0.2, -0.15) is 0 Å².